The molecule has 1 heterocycles. The Morgan fingerprint density at radius 3 is 2.77 bits per heavy atom. The Bertz CT molecular complexity index is 720. The highest BCUT2D eigenvalue weighted by molar-refractivity contribution is 7.14. The second kappa shape index (κ2) is 5.88. The number of nitrogens with zero attached hydrogens (tertiary/aromatic N) is 1. The molecule has 2 aromatic rings. The number of hydrogen-bond donors (Lipinski definition) is 0. The molecule has 0 N–H and O–H groups in total. The smallest absolute Gasteiger partial charge is 0.353 e. The number of esters is 1. The van der Waals surface area contributed by atoms with E-state index in [1.807, 2.05) is 6.07 Å². The topological polar surface area (TPSA) is 69.4 Å². The molecule has 0 amide bonds. The van der Waals surface area contributed by atoms with Crippen LogP contribution in [0, 0.1) is 16.0 Å². The van der Waals surface area contributed by atoms with Crippen LogP contribution >= 0.6 is 11.3 Å². The van der Waals surface area contributed by atoms with Crippen LogP contribution in [-0.2, 0) is 12.8 Å². The molecule has 1 aliphatic carbocycles. The number of rotatable bonds is 3. The van der Waals surface area contributed by atoms with Gasteiger partial charge in [-0.3, -0.25) is 10.1 Å². The number of nitro groups is 1. The van der Waals surface area contributed by atoms with E-state index in [2.05, 4.69) is 6.92 Å². The number of benzene rings is 1. The van der Waals surface area contributed by atoms with Gasteiger partial charge in [-0.15, -0.1) is 11.3 Å². The third-order valence-electron chi connectivity index (χ3n) is 3.79. The van der Waals surface area contributed by atoms with Crippen molar-refractivity contribution < 1.29 is 14.5 Å². The first-order chi connectivity index (χ1) is 10.5. The molecule has 5 nitrogen and oxygen atoms in total. The fraction of sp³-hybridized carbons (Fsp3) is 0.312. The van der Waals surface area contributed by atoms with Crippen molar-refractivity contribution in [3.8, 4) is 5.75 Å². The Morgan fingerprint density at radius 1 is 1.36 bits per heavy atom. The van der Waals surface area contributed by atoms with Gasteiger partial charge in [-0.05, 0) is 48.9 Å². The van der Waals surface area contributed by atoms with E-state index in [1.54, 1.807) is 0 Å². The summed E-state index contributed by atoms with van der Waals surface area (Å²) in [7, 11) is 0. The summed E-state index contributed by atoms with van der Waals surface area (Å²) >= 11 is 1.49. The normalized spacial score (nSPS) is 16.9. The average Bonchev–Trinajstić information content (AvgIpc) is 2.91. The lowest BCUT2D eigenvalue weighted by Crippen LogP contribution is -2.08. The van der Waals surface area contributed by atoms with E-state index in [1.165, 1.54) is 46.0 Å². The minimum absolute atomic E-state index is 0.0274. The van der Waals surface area contributed by atoms with E-state index >= 15 is 0 Å². The van der Waals surface area contributed by atoms with Gasteiger partial charge in [0.05, 0.1) is 4.92 Å². The third-order valence-corrected chi connectivity index (χ3v) is 5.01. The van der Waals surface area contributed by atoms with Crippen molar-refractivity contribution in [2.24, 2.45) is 5.92 Å². The van der Waals surface area contributed by atoms with Crippen molar-refractivity contribution in [2.75, 3.05) is 0 Å². The Labute approximate surface area is 131 Å². The number of ether oxygens (including phenoxy) is 1. The summed E-state index contributed by atoms with van der Waals surface area (Å²) in [6.45, 7) is 2.22. The lowest BCUT2D eigenvalue weighted by Gasteiger charge is -2.16. The van der Waals surface area contributed by atoms with Crippen LogP contribution < -0.4 is 4.74 Å². The molecule has 0 spiro atoms. The summed E-state index contributed by atoms with van der Waals surface area (Å²) in [4.78, 5) is 24.2. The minimum Gasteiger partial charge on any atom is -0.422 e. The number of carbonyl (C=O) groups excluding carboxylic acids is 1. The van der Waals surface area contributed by atoms with Crippen LogP contribution in [-0.4, -0.2) is 10.9 Å². The van der Waals surface area contributed by atoms with Crippen molar-refractivity contribution in [2.45, 2.75) is 26.2 Å². The number of carbonyl (C=O) groups is 1. The number of aryl methyl sites for hydroxylation is 1. The summed E-state index contributed by atoms with van der Waals surface area (Å²) in [5.74, 6) is 0.567. The first-order valence-corrected chi connectivity index (χ1v) is 7.93. The molecule has 0 saturated heterocycles. The molecule has 1 atom stereocenters. The number of thiophene rings is 1. The van der Waals surface area contributed by atoms with E-state index < -0.39 is 10.9 Å². The van der Waals surface area contributed by atoms with Crippen molar-refractivity contribution in [3.05, 3.63) is 55.8 Å². The molecule has 0 fully saturated rings. The highest BCUT2D eigenvalue weighted by atomic mass is 32.1. The molecule has 6 heteroatoms. The molecular weight excluding hydrogens is 302 g/mol. The van der Waals surface area contributed by atoms with Crippen LogP contribution in [0.15, 0.2) is 30.3 Å². The zero-order valence-electron chi connectivity index (χ0n) is 12.1. The Morgan fingerprint density at radius 2 is 2.09 bits per heavy atom. The van der Waals surface area contributed by atoms with Gasteiger partial charge in [-0.1, -0.05) is 6.92 Å². The molecule has 1 aromatic heterocycles. The molecule has 1 unspecified atom stereocenters. The fourth-order valence-corrected chi connectivity index (χ4v) is 3.68. The van der Waals surface area contributed by atoms with Crippen LogP contribution in [0.4, 0.5) is 5.69 Å². The number of hydrogen-bond acceptors (Lipinski definition) is 5. The molecular formula is C16H15NO4S. The number of non-ortho nitro benzene ring substituents is 1. The Kier molecular flexibility index (Phi) is 3.94. The molecule has 114 valence electrons. The van der Waals surface area contributed by atoms with Crippen LogP contribution in [0.1, 0.15) is 33.5 Å². The fourth-order valence-electron chi connectivity index (χ4n) is 2.60. The Balaban J connectivity index is 1.73. The van der Waals surface area contributed by atoms with Gasteiger partial charge in [0.25, 0.3) is 5.69 Å². The predicted octanol–water partition coefficient (Wildman–Crippen LogP) is 4.00. The summed E-state index contributed by atoms with van der Waals surface area (Å²) in [5, 5.41) is 10.6. The second-order valence-electron chi connectivity index (χ2n) is 5.55. The maximum Gasteiger partial charge on any atom is 0.353 e. The molecule has 0 radical (unpaired) electrons. The van der Waals surface area contributed by atoms with Crippen molar-refractivity contribution in [1.82, 2.24) is 0 Å². The summed E-state index contributed by atoms with van der Waals surface area (Å²) in [6, 6.07) is 7.44. The lowest BCUT2D eigenvalue weighted by atomic mass is 9.90. The predicted molar refractivity (Wildman–Crippen MR) is 83.6 cm³/mol. The van der Waals surface area contributed by atoms with E-state index in [-0.39, 0.29) is 5.69 Å². The van der Waals surface area contributed by atoms with Crippen molar-refractivity contribution in [1.29, 1.82) is 0 Å². The van der Waals surface area contributed by atoms with Gasteiger partial charge in [-0.25, -0.2) is 4.79 Å². The van der Waals surface area contributed by atoms with E-state index in [9.17, 15) is 14.9 Å². The van der Waals surface area contributed by atoms with Gasteiger partial charge >= 0.3 is 5.97 Å². The standard InChI is InChI=1S/C16H15NO4S/c1-10-2-7-14-11(8-10)9-15(22-14)16(18)21-13-5-3-12(4-6-13)17(19)20/h3-6,9-10H,2,7-8H2,1H3. The van der Waals surface area contributed by atoms with Gasteiger partial charge in [0.1, 0.15) is 10.6 Å². The van der Waals surface area contributed by atoms with Crippen molar-refractivity contribution >= 4 is 23.0 Å². The first kappa shape index (κ1) is 14.7. The molecule has 22 heavy (non-hydrogen) atoms. The highest BCUT2D eigenvalue weighted by Crippen LogP contribution is 2.32. The maximum absolute atomic E-state index is 12.2. The quantitative estimate of drug-likeness (QED) is 0.371. The summed E-state index contributed by atoms with van der Waals surface area (Å²) in [6.07, 6.45) is 3.19. The van der Waals surface area contributed by atoms with E-state index in [4.69, 9.17) is 4.74 Å². The average molecular weight is 317 g/mol. The third kappa shape index (κ3) is 3.01. The maximum atomic E-state index is 12.2. The van der Waals surface area contributed by atoms with Gasteiger partial charge in [0, 0.05) is 17.0 Å². The SMILES string of the molecule is CC1CCc2sc(C(=O)Oc3ccc([N+](=O)[O-])cc3)cc2C1. The van der Waals surface area contributed by atoms with Crippen LogP contribution in [0.25, 0.3) is 0 Å². The largest absolute Gasteiger partial charge is 0.422 e. The van der Waals surface area contributed by atoms with Gasteiger partial charge in [0.15, 0.2) is 0 Å². The first-order valence-electron chi connectivity index (χ1n) is 7.11. The zero-order valence-corrected chi connectivity index (χ0v) is 12.9. The molecule has 0 saturated carbocycles. The molecule has 1 aromatic carbocycles. The number of nitro benzene ring substituents is 1. The zero-order chi connectivity index (χ0) is 15.7. The van der Waals surface area contributed by atoms with Crippen LogP contribution in [0.5, 0.6) is 5.75 Å². The van der Waals surface area contributed by atoms with Gasteiger partial charge in [0.2, 0.25) is 0 Å². The van der Waals surface area contributed by atoms with Crippen LogP contribution in [0.3, 0.4) is 0 Å². The summed E-state index contributed by atoms with van der Waals surface area (Å²) < 4.78 is 5.29. The molecule has 1 aliphatic rings. The van der Waals surface area contributed by atoms with Crippen molar-refractivity contribution in [3.63, 3.8) is 0 Å². The van der Waals surface area contributed by atoms with E-state index in [0.29, 0.717) is 16.5 Å². The van der Waals surface area contributed by atoms with E-state index in [0.717, 1.165) is 19.3 Å². The minimum atomic E-state index is -0.486. The molecule has 0 bridgehead atoms. The summed E-state index contributed by atoms with van der Waals surface area (Å²) in [5.41, 5.74) is 1.22. The molecule has 0 aliphatic heterocycles. The van der Waals surface area contributed by atoms with Gasteiger partial charge in [-0.2, -0.15) is 0 Å². The van der Waals surface area contributed by atoms with Gasteiger partial charge < -0.3 is 4.74 Å². The number of fused-ring (bicyclic) bond motifs is 1. The highest BCUT2D eigenvalue weighted by Gasteiger charge is 2.21. The van der Waals surface area contributed by atoms with Crippen LogP contribution in [0.2, 0.25) is 0 Å². The second-order valence-corrected chi connectivity index (χ2v) is 6.68. The molecule has 3 rings (SSSR count). The monoisotopic (exact) mass is 317 g/mol. The lowest BCUT2D eigenvalue weighted by molar-refractivity contribution is -0.384. The Hall–Kier alpha value is -2.21.